The van der Waals surface area contributed by atoms with E-state index in [1.165, 1.54) is 49.0 Å². The number of rotatable bonds is 6. The van der Waals surface area contributed by atoms with E-state index >= 15 is 0 Å². The van der Waals surface area contributed by atoms with Gasteiger partial charge in [-0.2, -0.15) is 4.99 Å². The van der Waals surface area contributed by atoms with Gasteiger partial charge in [-0.05, 0) is 43.3 Å². The third-order valence-electron chi connectivity index (χ3n) is 4.36. The number of thiazole rings is 1. The van der Waals surface area contributed by atoms with Crippen molar-refractivity contribution in [3.05, 3.63) is 56.8 Å². The van der Waals surface area contributed by atoms with E-state index in [0.29, 0.717) is 20.3 Å². The highest BCUT2D eigenvalue weighted by atomic mass is 35.5. The number of carbonyl (C=O) groups excluding carboxylic acids is 2. The van der Waals surface area contributed by atoms with E-state index in [-0.39, 0.29) is 28.4 Å². The molecule has 0 aliphatic heterocycles. The van der Waals surface area contributed by atoms with Gasteiger partial charge in [0, 0.05) is 24.7 Å². The highest BCUT2D eigenvalue weighted by Gasteiger charge is 2.19. The minimum absolute atomic E-state index is 0.0553. The lowest BCUT2D eigenvalue weighted by atomic mass is 10.2. The summed E-state index contributed by atoms with van der Waals surface area (Å²) in [6, 6.07) is 8.65. The minimum Gasteiger partial charge on any atom is -0.465 e. The van der Waals surface area contributed by atoms with Crippen LogP contribution >= 0.6 is 34.5 Å². The second-order valence-corrected chi connectivity index (χ2v) is 10.7. The molecule has 0 saturated heterocycles. The highest BCUT2D eigenvalue weighted by Crippen LogP contribution is 2.29. The predicted octanol–water partition coefficient (Wildman–Crippen LogP) is 3.56. The van der Waals surface area contributed by atoms with Gasteiger partial charge in [0.2, 0.25) is 10.0 Å². The molecule has 1 amide bonds. The molecule has 170 valence electrons. The van der Waals surface area contributed by atoms with Crippen LogP contribution in [0.15, 0.2) is 46.3 Å². The van der Waals surface area contributed by atoms with E-state index in [2.05, 4.69) is 4.99 Å². The Morgan fingerprint density at radius 3 is 2.41 bits per heavy atom. The molecule has 0 fully saturated rings. The Morgan fingerprint density at radius 1 is 1.16 bits per heavy atom. The van der Waals surface area contributed by atoms with Gasteiger partial charge >= 0.3 is 5.97 Å². The molecule has 32 heavy (non-hydrogen) atoms. The molecule has 0 radical (unpaired) electrons. The van der Waals surface area contributed by atoms with Gasteiger partial charge in [-0.1, -0.05) is 34.5 Å². The summed E-state index contributed by atoms with van der Waals surface area (Å²) in [5.41, 5.74) is 0.695. The van der Waals surface area contributed by atoms with E-state index in [1.54, 1.807) is 13.0 Å². The molecule has 0 N–H and O–H groups in total. The van der Waals surface area contributed by atoms with Crippen LogP contribution in [-0.2, 0) is 26.1 Å². The molecule has 1 aromatic heterocycles. The number of sulfonamides is 1. The van der Waals surface area contributed by atoms with Crippen LogP contribution in [0.5, 0.6) is 0 Å². The SMILES string of the molecule is CCOC(=O)Cn1c(=NC(=O)c2ccc(S(=O)(=O)N(C)C)cc2)sc2cc(Cl)cc(Cl)c21. The molecule has 2 aromatic carbocycles. The van der Waals surface area contributed by atoms with E-state index in [1.807, 2.05) is 0 Å². The topological polar surface area (TPSA) is 98.0 Å². The molecule has 12 heteroatoms. The fraction of sp³-hybridized carbons (Fsp3) is 0.250. The molecule has 0 saturated carbocycles. The first kappa shape index (κ1) is 24.4. The molecule has 3 aromatic rings. The molecular weight excluding hydrogens is 497 g/mol. The van der Waals surface area contributed by atoms with E-state index in [4.69, 9.17) is 27.9 Å². The van der Waals surface area contributed by atoms with Gasteiger partial charge in [-0.15, -0.1) is 0 Å². The van der Waals surface area contributed by atoms with Gasteiger partial charge < -0.3 is 9.30 Å². The quantitative estimate of drug-likeness (QED) is 0.467. The molecular formula is C20H19Cl2N3O5S2. The first-order chi connectivity index (χ1) is 15.0. The van der Waals surface area contributed by atoms with Gasteiger partial charge in [0.1, 0.15) is 6.54 Å². The molecule has 1 heterocycles. The number of esters is 1. The maximum atomic E-state index is 12.8. The molecule has 8 nitrogen and oxygen atoms in total. The molecule has 0 unspecified atom stereocenters. The summed E-state index contributed by atoms with van der Waals surface area (Å²) < 4.78 is 32.7. The Labute approximate surface area is 198 Å². The molecule has 3 rings (SSSR count). The van der Waals surface area contributed by atoms with Crippen molar-refractivity contribution in [1.29, 1.82) is 0 Å². The standard InChI is InChI=1S/C20H19Cl2N3O5S2/c1-4-30-17(26)11-25-18-15(22)9-13(21)10-16(18)31-20(25)23-19(27)12-5-7-14(8-6-12)32(28,29)24(2)3/h5-10H,4,11H2,1-3H3. The van der Waals surface area contributed by atoms with Crippen LogP contribution in [0.25, 0.3) is 10.2 Å². The number of ether oxygens (including phenoxy) is 1. The van der Waals surface area contributed by atoms with Crippen molar-refractivity contribution < 1.29 is 22.7 Å². The fourth-order valence-electron chi connectivity index (χ4n) is 2.83. The summed E-state index contributed by atoms with van der Waals surface area (Å²) in [7, 11) is -0.776. The number of amides is 1. The molecule has 0 atom stereocenters. The average Bonchev–Trinajstić information content (AvgIpc) is 3.04. The Bertz CT molecular complexity index is 1360. The van der Waals surface area contributed by atoms with Crippen LogP contribution < -0.4 is 4.80 Å². The van der Waals surface area contributed by atoms with Crippen molar-refractivity contribution in [3.63, 3.8) is 0 Å². The van der Waals surface area contributed by atoms with Crippen LogP contribution in [0, 0.1) is 0 Å². The normalized spacial score (nSPS) is 12.5. The molecule has 0 aliphatic rings. The maximum Gasteiger partial charge on any atom is 0.326 e. The number of nitrogens with zero attached hydrogens (tertiary/aromatic N) is 3. The Morgan fingerprint density at radius 2 is 1.81 bits per heavy atom. The summed E-state index contributed by atoms with van der Waals surface area (Å²) in [6.45, 7) is 1.70. The Balaban J connectivity index is 2.08. The molecule has 0 aliphatic carbocycles. The number of fused-ring (bicyclic) bond motifs is 1. The van der Waals surface area contributed by atoms with Crippen LogP contribution in [0.2, 0.25) is 10.0 Å². The van der Waals surface area contributed by atoms with E-state index < -0.39 is 21.9 Å². The summed E-state index contributed by atoms with van der Waals surface area (Å²) in [6.07, 6.45) is 0. The third-order valence-corrected chi connectivity index (χ3v) is 7.73. The van der Waals surface area contributed by atoms with Crippen LogP contribution in [0.1, 0.15) is 17.3 Å². The first-order valence-electron chi connectivity index (χ1n) is 9.30. The van der Waals surface area contributed by atoms with Gasteiger partial charge in [0.25, 0.3) is 5.91 Å². The smallest absolute Gasteiger partial charge is 0.326 e. The van der Waals surface area contributed by atoms with E-state index in [0.717, 1.165) is 15.6 Å². The van der Waals surface area contributed by atoms with Crippen molar-refractivity contribution in [2.75, 3.05) is 20.7 Å². The van der Waals surface area contributed by atoms with Crippen molar-refractivity contribution in [2.45, 2.75) is 18.4 Å². The number of hydrogen-bond acceptors (Lipinski definition) is 6. The van der Waals surface area contributed by atoms with Gasteiger partial charge in [-0.25, -0.2) is 12.7 Å². The molecule has 0 spiro atoms. The predicted molar refractivity (Wildman–Crippen MR) is 124 cm³/mol. The van der Waals surface area contributed by atoms with E-state index in [9.17, 15) is 18.0 Å². The van der Waals surface area contributed by atoms with Crippen molar-refractivity contribution in [3.8, 4) is 0 Å². The zero-order valence-corrected chi connectivity index (χ0v) is 20.5. The second kappa shape index (κ2) is 9.72. The van der Waals surface area contributed by atoms with Crippen LogP contribution in [0.3, 0.4) is 0 Å². The zero-order valence-electron chi connectivity index (χ0n) is 17.3. The summed E-state index contributed by atoms with van der Waals surface area (Å²) >= 11 is 13.6. The maximum absolute atomic E-state index is 12.8. The van der Waals surface area contributed by atoms with Crippen LogP contribution in [0.4, 0.5) is 0 Å². The number of benzene rings is 2. The number of hydrogen-bond donors (Lipinski definition) is 0. The monoisotopic (exact) mass is 515 g/mol. The van der Waals surface area contributed by atoms with Crippen molar-refractivity contribution in [1.82, 2.24) is 8.87 Å². The van der Waals surface area contributed by atoms with Gasteiger partial charge in [0.05, 0.1) is 26.7 Å². The number of halogens is 2. The highest BCUT2D eigenvalue weighted by molar-refractivity contribution is 7.89. The number of carbonyl (C=O) groups is 2. The lowest BCUT2D eigenvalue weighted by molar-refractivity contribution is -0.143. The molecule has 0 bridgehead atoms. The minimum atomic E-state index is -3.62. The number of aromatic nitrogens is 1. The summed E-state index contributed by atoms with van der Waals surface area (Å²) in [5.74, 6) is -1.12. The van der Waals surface area contributed by atoms with Gasteiger partial charge in [-0.3, -0.25) is 9.59 Å². The van der Waals surface area contributed by atoms with Crippen LogP contribution in [-0.4, -0.2) is 49.9 Å². The lowest BCUT2D eigenvalue weighted by Gasteiger charge is -2.11. The Kier molecular flexibility index (Phi) is 7.41. The fourth-order valence-corrected chi connectivity index (χ4v) is 5.54. The summed E-state index contributed by atoms with van der Waals surface area (Å²) in [4.78, 5) is 29.4. The summed E-state index contributed by atoms with van der Waals surface area (Å²) in [5, 5.41) is 0.711. The Hall–Kier alpha value is -2.24. The van der Waals surface area contributed by atoms with Gasteiger partial charge in [0.15, 0.2) is 4.80 Å². The second-order valence-electron chi connectivity index (χ2n) is 6.74. The first-order valence-corrected chi connectivity index (χ1v) is 12.3. The van der Waals surface area contributed by atoms with Crippen molar-refractivity contribution in [2.24, 2.45) is 4.99 Å². The van der Waals surface area contributed by atoms with Crippen molar-refractivity contribution >= 4 is 66.7 Å². The largest absolute Gasteiger partial charge is 0.465 e. The third kappa shape index (κ3) is 5.05. The average molecular weight is 516 g/mol. The lowest BCUT2D eigenvalue weighted by Crippen LogP contribution is -2.23. The zero-order chi connectivity index (χ0) is 23.6.